The zero-order chi connectivity index (χ0) is 12.4. The minimum atomic E-state index is -2.93. The molecule has 94 valence electrons. The normalized spacial score (nSPS) is 11.6. The zero-order valence-corrected chi connectivity index (χ0v) is 10.8. The van der Waals surface area contributed by atoms with Gasteiger partial charge in [-0.15, -0.1) is 0 Å². The van der Waals surface area contributed by atoms with Crippen LogP contribution < -0.4 is 0 Å². The van der Waals surface area contributed by atoms with Crippen LogP contribution in [0.25, 0.3) is 0 Å². The van der Waals surface area contributed by atoms with E-state index in [9.17, 15) is 8.42 Å². The lowest BCUT2D eigenvalue weighted by Gasteiger charge is -2.20. The summed E-state index contributed by atoms with van der Waals surface area (Å²) in [7, 11) is -1.33. The topological polar surface area (TPSA) is 70.4 Å². The number of nitrogens with zero attached hydrogens (tertiary/aromatic N) is 2. The molecule has 0 saturated carbocycles. The van der Waals surface area contributed by atoms with Crippen LogP contribution in [0, 0.1) is 11.3 Å². The van der Waals surface area contributed by atoms with E-state index in [0.717, 1.165) is 0 Å². The van der Waals surface area contributed by atoms with E-state index in [4.69, 9.17) is 10.00 Å². The van der Waals surface area contributed by atoms with Crippen LogP contribution in [0.15, 0.2) is 0 Å². The maximum absolute atomic E-state index is 11.3. The first-order valence-electron chi connectivity index (χ1n) is 5.34. The summed E-state index contributed by atoms with van der Waals surface area (Å²) in [5, 5.41) is 8.49. The quantitative estimate of drug-likeness (QED) is 0.586. The average molecular weight is 248 g/mol. The number of nitriles is 1. The molecule has 0 aliphatic carbocycles. The number of methoxy groups -OCH3 is 1. The van der Waals surface area contributed by atoms with Crippen LogP contribution in [0.2, 0.25) is 0 Å². The third-order valence-corrected chi connectivity index (χ3v) is 3.99. The summed E-state index contributed by atoms with van der Waals surface area (Å²) in [5.41, 5.74) is 0. The largest absolute Gasteiger partial charge is 0.383 e. The van der Waals surface area contributed by atoms with Gasteiger partial charge in [0.05, 0.1) is 18.4 Å². The van der Waals surface area contributed by atoms with E-state index < -0.39 is 9.84 Å². The molecule has 0 heterocycles. The third-order valence-electron chi connectivity index (χ3n) is 2.31. The van der Waals surface area contributed by atoms with Crippen LogP contribution in [-0.4, -0.2) is 58.2 Å². The number of ether oxygens (including phenoxy) is 1. The lowest BCUT2D eigenvalue weighted by Crippen LogP contribution is -2.33. The van der Waals surface area contributed by atoms with Crippen molar-refractivity contribution >= 4 is 9.84 Å². The minimum Gasteiger partial charge on any atom is -0.383 e. The van der Waals surface area contributed by atoms with Crippen LogP contribution in [0.5, 0.6) is 0 Å². The number of hydrogen-bond donors (Lipinski definition) is 0. The van der Waals surface area contributed by atoms with Gasteiger partial charge < -0.3 is 4.74 Å². The highest BCUT2D eigenvalue weighted by Crippen LogP contribution is 1.96. The van der Waals surface area contributed by atoms with Gasteiger partial charge in [0.25, 0.3) is 0 Å². The maximum Gasteiger partial charge on any atom is 0.151 e. The zero-order valence-electron chi connectivity index (χ0n) is 9.98. The Labute approximate surface area is 97.9 Å². The highest BCUT2D eigenvalue weighted by atomic mass is 32.2. The van der Waals surface area contributed by atoms with Crippen LogP contribution in [0.4, 0.5) is 0 Å². The molecule has 0 fully saturated rings. The predicted octanol–water partition coefficient (Wildman–Crippen LogP) is 0.283. The first-order valence-corrected chi connectivity index (χ1v) is 7.16. The fourth-order valence-corrected chi connectivity index (χ4v) is 2.00. The van der Waals surface area contributed by atoms with Crippen molar-refractivity contribution in [2.45, 2.75) is 13.3 Å². The molecule has 0 atom stereocenters. The number of rotatable bonds is 9. The first kappa shape index (κ1) is 15.4. The van der Waals surface area contributed by atoms with Crippen molar-refractivity contribution in [3.63, 3.8) is 0 Å². The Bertz CT molecular complexity index is 309. The number of sulfone groups is 1. The Morgan fingerprint density at radius 2 is 2.00 bits per heavy atom. The summed E-state index contributed by atoms with van der Waals surface area (Å²) in [6.07, 6.45) is 0.413. The van der Waals surface area contributed by atoms with E-state index >= 15 is 0 Å². The Morgan fingerprint density at radius 3 is 2.50 bits per heavy atom. The van der Waals surface area contributed by atoms with E-state index in [1.807, 2.05) is 4.90 Å². The molecule has 0 unspecified atom stereocenters. The van der Waals surface area contributed by atoms with E-state index in [2.05, 4.69) is 6.07 Å². The van der Waals surface area contributed by atoms with Crippen LogP contribution >= 0.6 is 0 Å². The molecule has 0 bridgehead atoms. The molecule has 0 saturated heterocycles. The van der Waals surface area contributed by atoms with Gasteiger partial charge in [-0.3, -0.25) is 4.90 Å². The van der Waals surface area contributed by atoms with Gasteiger partial charge in [-0.1, -0.05) is 6.92 Å². The predicted molar refractivity (Wildman–Crippen MR) is 62.9 cm³/mol. The molecule has 0 aliphatic heterocycles. The summed E-state index contributed by atoms with van der Waals surface area (Å²) < 4.78 is 27.6. The van der Waals surface area contributed by atoms with Gasteiger partial charge in [0.2, 0.25) is 0 Å². The highest BCUT2D eigenvalue weighted by molar-refractivity contribution is 7.91. The molecule has 6 heteroatoms. The molecule has 0 aromatic carbocycles. The van der Waals surface area contributed by atoms with Gasteiger partial charge in [0.15, 0.2) is 9.84 Å². The second kappa shape index (κ2) is 8.50. The first-order chi connectivity index (χ1) is 7.55. The van der Waals surface area contributed by atoms with E-state index in [1.165, 1.54) is 0 Å². The van der Waals surface area contributed by atoms with Crippen molar-refractivity contribution in [1.82, 2.24) is 4.90 Å². The van der Waals surface area contributed by atoms with Gasteiger partial charge in [0, 0.05) is 38.9 Å². The molecule has 0 N–H and O–H groups in total. The molecule has 0 spiro atoms. The van der Waals surface area contributed by atoms with Crippen molar-refractivity contribution in [1.29, 1.82) is 5.26 Å². The SMILES string of the molecule is CCS(=O)(=O)CCN(CCC#N)CCOC. The third kappa shape index (κ3) is 7.63. The summed E-state index contributed by atoms with van der Waals surface area (Å²) in [5.74, 6) is 0.321. The van der Waals surface area contributed by atoms with Gasteiger partial charge in [-0.25, -0.2) is 8.42 Å². The van der Waals surface area contributed by atoms with E-state index in [1.54, 1.807) is 14.0 Å². The van der Waals surface area contributed by atoms with Crippen LogP contribution in [0.1, 0.15) is 13.3 Å². The van der Waals surface area contributed by atoms with E-state index in [-0.39, 0.29) is 11.5 Å². The standard InChI is InChI=1S/C10H20N2O3S/c1-3-16(13,14)10-8-12(6-4-5-11)7-9-15-2/h3-4,6-10H2,1-2H3. The number of hydrogen-bond acceptors (Lipinski definition) is 5. The molecule has 0 radical (unpaired) electrons. The van der Waals surface area contributed by atoms with Gasteiger partial charge in [-0.05, 0) is 0 Å². The molecule has 0 aromatic rings. The second-order valence-electron chi connectivity index (χ2n) is 3.48. The summed E-state index contributed by atoms with van der Waals surface area (Å²) in [6.45, 7) is 3.93. The van der Waals surface area contributed by atoms with Crippen molar-refractivity contribution < 1.29 is 13.2 Å². The summed E-state index contributed by atoms with van der Waals surface area (Å²) >= 11 is 0. The summed E-state index contributed by atoms with van der Waals surface area (Å²) in [6, 6.07) is 2.05. The summed E-state index contributed by atoms with van der Waals surface area (Å²) in [4.78, 5) is 1.94. The molecular formula is C10H20N2O3S. The molecular weight excluding hydrogens is 228 g/mol. The second-order valence-corrected chi connectivity index (χ2v) is 5.95. The van der Waals surface area contributed by atoms with Crippen molar-refractivity contribution in [2.24, 2.45) is 0 Å². The lowest BCUT2D eigenvalue weighted by molar-refractivity contribution is 0.152. The minimum absolute atomic E-state index is 0.151. The molecule has 0 aromatic heterocycles. The van der Waals surface area contributed by atoms with Gasteiger partial charge >= 0.3 is 0 Å². The van der Waals surface area contributed by atoms with Gasteiger partial charge in [-0.2, -0.15) is 5.26 Å². The molecule has 5 nitrogen and oxygen atoms in total. The molecule has 0 rings (SSSR count). The van der Waals surface area contributed by atoms with Crippen molar-refractivity contribution in [3.8, 4) is 6.07 Å². The Kier molecular flexibility index (Phi) is 8.16. The molecule has 0 amide bonds. The average Bonchev–Trinajstić information content (AvgIpc) is 2.28. The molecule has 16 heavy (non-hydrogen) atoms. The fraction of sp³-hybridized carbons (Fsp3) is 0.900. The fourth-order valence-electron chi connectivity index (χ4n) is 1.18. The Morgan fingerprint density at radius 1 is 1.31 bits per heavy atom. The van der Waals surface area contributed by atoms with Crippen LogP contribution in [0.3, 0.4) is 0 Å². The Hall–Kier alpha value is -0.640. The maximum atomic E-state index is 11.3. The van der Waals surface area contributed by atoms with Crippen molar-refractivity contribution in [3.05, 3.63) is 0 Å². The smallest absolute Gasteiger partial charge is 0.151 e. The molecule has 0 aliphatic rings. The van der Waals surface area contributed by atoms with E-state index in [0.29, 0.717) is 32.7 Å². The Balaban J connectivity index is 4.05. The monoisotopic (exact) mass is 248 g/mol. The van der Waals surface area contributed by atoms with Gasteiger partial charge in [0.1, 0.15) is 0 Å². The lowest BCUT2D eigenvalue weighted by atomic mass is 10.4. The highest BCUT2D eigenvalue weighted by Gasteiger charge is 2.11. The van der Waals surface area contributed by atoms with Crippen LogP contribution in [-0.2, 0) is 14.6 Å². The van der Waals surface area contributed by atoms with Crippen molar-refractivity contribution in [2.75, 3.05) is 44.9 Å².